The number of benzene rings is 1. The fourth-order valence-corrected chi connectivity index (χ4v) is 3.05. The largest absolute Gasteiger partial charge is 0.445 e. The molecule has 2 rings (SSSR count). The van der Waals surface area contributed by atoms with E-state index in [4.69, 9.17) is 10.2 Å². The van der Waals surface area contributed by atoms with Crippen molar-refractivity contribution >= 4 is 10.0 Å². The summed E-state index contributed by atoms with van der Waals surface area (Å²) < 4.78 is 32.3. The van der Waals surface area contributed by atoms with Gasteiger partial charge in [0.25, 0.3) is 0 Å². The minimum absolute atomic E-state index is 0.0163. The van der Waals surface area contributed by atoms with Crippen LogP contribution in [0.3, 0.4) is 0 Å². The number of sulfonamides is 1. The summed E-state index contributed by atoms with van der Waals surface area (Å²) >= 11 is 0. The number of aromatic nitrogens is 1. The van der Waals surface area contributed by atoms with Crippen LogP contribution >= 0.6 is 0 Å². The maximum absolute atomic E-state index is 12.3. The average molecular weight is 295 g/mol. The van der Waals surface area contributed by atoms with E-state index in [-0.39, 0.29) is 11.4 Å². The molecule has 6 nitrogen and oxygen atoms in total. The third-order valence-electron chi connectivity index (χ3n) is 2.86. The molecule has 1 heterocycles. The van der Waals surface area contributed by atoms with Crippen molar-refractivity contribution < 1.29 is 12.8 Å². The summed E-state index contributed by atoms with van der Waals surface area (Å²) in [6.45, 7) is 3.80. The van der Waals surface area contributed by atoms with Crippen molar-refractivity contribution in [1.82, 2.24) is 9.71 Å². The molecule has 108 valence electrons. The van der Waals surface area contributed by atoms with E-state index in [0.717, 1.165) is 5.56 Å². The van der Waals surface area contributed by atoms with Crippen molar-refractivity contribution in [2.75, 3.05) is 0 Å². The molecule has 0 saturated carbocycles. The molecular formula is C13H17N3O3S. The summed E-state index contributed by atoms with van der Waals surface area (Å²) in [5, 5.41) is 0. The van der Waals surface area contributed by atoms with Crippen LogP contribution in [-0.4, -0.2) is 13.4 Å². The highest BCUT2D eigenvalue weighted by Gasteiger charge is 2.18. The Balaban J connectivity index is 2.21. The van der Waals surface area contributed by atoms with E-state index in [1.54, 1.807) is 32.2 Å². The van der Waals surface area contributed by atoms with Crippen molar-refractivity contribution in [1.29, 1.82) is 0 Å². The fourth-order valence-electron chi connectivity index (χ4n) is 1.78. The van der Waals surface area contributed by atoms with Crippen molar-refractivity contribution in [3.05, 3.63) is 47.2 Å². The zero-order chi connectivity index (χ0) is 14.8. The Bertz CT molecular complexity index is 707. The van der Waals surface area contributed by atoms with Crippen LogP contribution in [0.2, 0.25) is 0 Å². The van der Waals surface area contributed by atoms with E-state index in [2.05, 4.69) is 9.71 Å². The van der Waals surface area contributed by atoms with Crippen LogP contribution in [0.1, 0.15) is 22.8 Å². The molecule has 3 N–H and O–H groups in total. The molecule has 0 aliphatic rings. The molecule has 1 aromatic heterocycles. The van der Waals surface area contributed by atoms with Gasteiger partial charge in [0.15, 0.2) is 0 Å². The first-order chi connectivity index (χ1) is 9.42. The van der Waals surface area contributed by atoms with Gasteiger partial charge >= 0.3 is 0 Å². The number of aryl methyl sites for hydroxylation is 2. The van der Waals surface area contributed by atoms with E-state index in [9.17, 15) is 8.42 Å². The van der Waals surface area contributed by atoms with Crippen LogP contribution < -0.4 is 10.5 Å². The molecule has 0 bridgehead atoms. The molecule has 0 aliphatic heterocycles. The summed E-state index contributed by atoms with van der Waals surface area (Å²) in [7, 11) is -3.62. The number of nitrogens with two attached hydrogens (primary N) is 1. The molecule has 0 unspecified atom stereocenters. The summed E-state index contributed by atoms with van der Waals surface area (Å²) in [6.07, 6.45) is 1.55. The molecule has 0 radical (unpaired) electrons. The van der Waals surface area contributed by atoms with Gasteiger partial charge in [-0.15, -0.1) is 0 Å². The van der Waals surface area contributed by atoms with Gasteiger partial charge in [0.05, 0.1) is 17.6 Å². The monoisotopic (exact) mass is 295 g/mol. The highest BCUT2D eigenvalue weighted by atomic mass is 32.2. The Hall–Kier alpha value is -1.70. The molecule has 2 aromatic rings. The molecular weight excluding hydrogens is 278 g/mol. The number of oxazole rings is 1. The second-order valence-corrected chi connectivity index (χ2v) is 6.23. The standard InChI is InChI=1S/C13H17N3O3S/c1-9-3-4-11(6-14)5-12(9)20(17,18)16-8-13-15-7-10(2)19-13/h3-5,7,16H,6,8,14H2,1-2H3. The van der Waals surface area contributed by atoms with Gasteiger partial charge in [-0.2, -0.15) is 0 Å². The maximum Gasteiger partial charge on any atom is 0.241 e. The Morgan fingerprint density at radius 1 is 1.35 bits per heavy atom. The average Bonchev–Trinajstić information content (AvgIpc) is 2.83. The topological polar surface area (TPSA) is 98.2 Å². The summed E-state index contributed by atoms with van der Waals surface area (Å²) in [5.41, 5.74) is 6.97. The zero-order valence-electron chi connectivity index (χ0n) is 11.4. The smallest absolute Gasteiger partial charge is 0.241 e. The van der Waals surface area contributed by atoms with Gasteiger partial charge in [-0.25, -0.2) is 18.1 Å². The Kier molecular flexibility index (Phi) is 4.22. The van der Waals surface area contributed by atoms with E-state index >= 15 is 0 Å². The van der Waals surface area contributed by atoms with Crippen LogP contribution in [-0.2, 0) is 23.1 Å². The van der Waals surface area contributed by atoms with Crippen molar-refractivity contribution in [3.8, 4) is 0 Å². The van der Waals surface area contributed by atoms with Gasteiger partial charge in [0, 0.05) is 6.54 Å². The van der Waals surface area contributed by atoms with Crippen molar-refractivity contribution in [2.24, 2.45) is 5.73 Å². The van der Waals surface area contributed by atoms with Crippen LogP contribution in [0, 0.1) is 13.8 Å². The number of nitrogens with one attached hydrogen (secondary N) is 1. The molecule has 20 heavy (non-hydrogen) atoms. The van der Waals surface area contributed by atoms with Gasteiger partial charge in [-0.1, -0.05) is 12.1 Å². The minimum atomic E-state index is -3.62. The second-order valence-electron chi connectivity index (χ2n) is 4.49. The number of hydrogen-bond acceptors (Lipinski definition) is 5. The van der Waals surface area contributed by atoms with Crippen LogP contribution in [0.5, 0.6) is 0 Å². The Morgan fingerprint density at radius 3 is 2.70 bits per heavy atom. The maximum atomic E-state index is 12.3. The lowest BCUT2D eigenvalue weighted by atomic mass is 10.1. The lowest BCUT2D eigenvalue weighted by molar-refractivity contribution is 0.463. The van der Waals surface area contributed by atoms with E-state index in [1.807, 2.05) is 6.07 Å². The summed E-state index contributed by atoms with van der Waals surface area (Å²) in [4.78, 5) is 4.18. The highest BCUT2D eigenvalue weighted by Crippen LogP contribution is 2.17. The van der Waals surface area contributed by atoms with Gasteiger partial charge in [0.1, 0.15) is 5.76 Å². The first kappa shape index (κ1) is 14.7. The minimum Gasteiger partial charge on any atom is -0.445 e. The Labute approximate surface area is 118 Å². The van der Waals surface area contributed by atoms with Gasteiger partial charge < -0.3 is 10.2 Å². The van der Waals surface area contributed by atoms with E-state index in [0.29, 0.717) is 23.8 Å². The van der Waals surface area contributed by atoms with Crippen LogP contribution in [0.25, 0.3) is 0 Å². The summed E-state index contributed by atoms with van der Waals surface area (Å²) in [6, 6.07) is 5.14. The highest BCUT2D eigenvalue weighted by molar-refractivity contribution is 7.89. The lowest BCUT2D eigenvalue weighted by Gasteiger charge is -2.09. The van der Waals surface area contributed by atoms with Gasteiger partial charge in [-0.3, -0.25) is 0 Å². The molecule has 1 aromatic carbocycles. The lowest BCUT2D eigenvalue weighted by Crippen LogP contribution is -2.24. The SMILES string of the molecule is Cc1cnc(CNS(=O)(=O)c2cc(CN)ccc2C)o1. The zero-order valence-corrected chi connectivity index (χ0v) is 12.2. The first-order valence-corrected chi connectivity index (χ1v) is 7.61. The summed E-state index contributed by atoms with van der Waals surface area (Å²) in [5.74, 6) is 0.971. The van der Waals surface area contributed by atoms with E-state index in [1.165, 1.54) is 0 Å². The first-order valence-electron chi connectivity index (χ1n) is 6.13. The quantitative estimate of drug-likeness (QED) is 0.864. The Morgan fingerprint density at radius 2 is 2.10 bits per heavy atom. The fraction of sp³-hybridized carbons (Fsp3) is 0.308. The second kappa shape index (κ2) is 5.74. The molecule has 0 amide bonds. The van der Waals surface area contributed by atoms with Crippen molar-refractivity contribution in [2.45, 2.75) is 31.8 Å². The molecule has 0 saturated heterocycles. The molecule has 0 aliphatic carbocycles. The molecule has 7 heteroatoms. The number of rotatable bonds is 5. The number of hydrogen-bond donors (Lipinski definition) is 2. The molecule has 0 spiro atoms. The van der Waals surface area contributed by atoms with Gasteiger partial charge in [-0.05, 0) is 31.0 Å². The third-order valence-corrected chi connectivity index (χ3v) is 4.40. The predicted octanol–water partition coefficient (Wildman–Crippen LogP) is 1.23. The van der Waals surface area contributed by atoms with Crippen LogP contribution in [0.15, 0.2) is 33.7 Å². The van der Waals surface area contributed by atoms with E-state index < -0.39 is 10.0 Å². The predicted molar refractivity (Wildman–Crippen MR) is 74.3 cm³/mol. The van der Waals surface area contributed by atoms with Crippen molar-refractivity contribution in [3.63, 3.8) is 0 Å². The molecule has 0 atom stereocenters. The van der Waals surface area contributed by atoms with Gasteiger partial charge in [0.2, 0.25) is 15.9 Å². The third kappa shape index (κ3) is 3.24. The number of nitrogens with zero attached hydrogens (tertiary/aromatic N) is 1. The normalized spacial score (nSPS) is 11.8. The molecule has 0 fully saturated rings. The van der Waals surface area contributed by atoms with Crippen LogP contribution in [0.4, 0.5) is 0 Å².